The fourth-order valence-corrected chi connectivity index (χ4v) is 5.80. The number of carbonyl (C=O) groups is 7. The monoisotopic (exact) mass is 722 g/mol. The van der Waals surface area contributed by atoms with Crippen molar-refractivity contribution >= 4 is 41.6 Å². The van der Waals surface area contributed by atoms with Crippen LogP contribution in [0.5, 0.6) is 0 Å². The lowest BCUT2D eigenvalue weighted by Crippen LogP contribution is -2.59. The summed E-state index contributed by atoms with van der Waals surface area (Å²) in [4.78, 5) is 87.2. The predicted molar refractivity (Wildman–Crippen MR) is 176 cm³/mol. The number of hydrogen-bond donors (Lipinski definition) is 0. The quantitative estimate of drug-likeness (QED) is 0.158. The Balaban J connectivity index is 2.66. The molecule has 1 heterocycles. The van der Waals surface area contributed by atoms with E-state index in [9.17, 15) is 33.6 Å². The van der Waals surface area contributed by atoms with Gasteiger partial charge in [0.15, 0.2) is 30.4 Å². The summed E-state index contributed by atoms with van der Waals surface area (Å²) in [5, 5.41) is 0. The normalized spacial score (nSPS) is 22.9. The molecular formula is C36H50O15. The van der Waals surface area contributed by atoms with Crippen LogP contribution in [-0.4, -0.2) is 97.7 Å². The Hall–Kier alpha value is -4.37. The van der Waals surface area contributed by atoms with Crippen LogP contribution in [0.15, 0.2) is 30.3 Å². The van der Waals surface area contributed by atoms with Crippen LogP contribution in [0.4, 0.5) is 0 Å². The largest absolute Gasteiger partial charge is 0.463 e. The van der Waals surface area contributed by atoms with Gasteiger partial charge >= 0.3 is 35.8 Å². The molecule has 15 nitrogen and oxygen atoms in total. The molecule has 0 unspecified atom stereocenters. The van der Waals surface area contributed by atoms with Gasteiger partial charge in [0.1, 0.15) is 31.5 Å². The van der Waals surface area contributed by atoms with Crippen LogP contribution in [0.25, 0.3) is 0 Å². The summed E-state index contributed by atoms with van der Waals surface area (Å²) in [5.74, 6) is -6.61. The van der Waals surface area contributed by atoms with Crippen molar-refractivity contribution in [1.82, 2.24) is 0 Å². The minimum absolute atomic E-state index is 0.124. The Labute approximate surface area is 297 Å². The van der Waals surface area contributed by atoms with Crippen LogP contribution >= 0.6 is 0 Å². The molecule has 1 saturated heterocycles. The van der Waals surface area contributed by atoms with E-state index in [1.54, 1.807) is 13.8 Å². The van der Waals surface area contributed by atoms with Gasteiger partial charge in [0.05, 0.1) is 0 Å². The average Bonchev–Trinajstić information content (AvgIpc) is 3.02. The Morgan fingerprint density at radius 1 is 0.706 bits per heavy atom. The molecule has 1 fully saturated rings. The number of esters is 6. The van der Waals surface area contributed by atoms with Crippen LogP contribution < -0.4 is 0 Å². The maximum atomic E-state index is 14.0. The molecule has 0 amide bonds. The van der Waals surface area contributed by atoms with Gasteiger partial charge in [0, 0.05) is 59.8 Å². The third-order valence-electron chi connectivity index (χ3n) is 8.14. The fraction of sp³-hybridized carbons (Fsp3) is 0.639. The van der Waals surface area contributed by atoms with Crippen molar-refractivity contribution in [3.63, 3.8) is 0 Å². The average molecular weight is 723 g/mol. The first kappa shape index (κ1) is 42.8. The van der Waals surface area contributed by atoms with Crippen molar-refractivity contribution in [3.8, 4) is 0 Å². The lowest BCUT2D eigenvalue weighted by molar-refractivity contribution is -0.306. The number of rotatable bonds is 18. The molecule has 10 atom stereocenters. The molecule has 0 N–H and O–H groups in total. The number of ether oxygens (including phenoxy) is 8. The van der Waals surface area contributed by atoms with Gasteiger partial charge in [-0.1, -0.05) is 51.1 Å². The Kier molecular flexibility index (Phi) is 17.2. The van der Waals surface area contributed by atoms with Crippen LogP contribution in [0.3, 0.4) is 0 Å². The molecule has 0 radical (unpaired) electrons. The van der Waals surface area contributed by atoms with Gasteiger partial charge in [-0.05, 0) is 17.9 Å². The van der Waals surface area contributed by atoms with E-state index in [1.165, 1.54) is 13.8 Å². The summed E-state index contributed by atoms with van der Waals surface area (Å²) in [7, 11) is 0. The van der Waals surface area contributed by atoms with E-state index in [4.69, 9.17) is 37.9 Å². The van der Waals surface area contributed by atoms with Gasteiger partial charge in [0.25, 0.3) is 0 Å². The van der Waals surface area contributed by atoms with Gasteiger partial charge in [-0.25, -0.2) is 0 Å². The maximum absolute atomic E-state index is 14.0. The van der Waals surface area contributed by atoms with Crippen molar-refractivity contribution < 1.29 is 71.5 Å². The van der Waals surface area contributed by atoms with Gasteiger partial charge < -0.3 is 37.9 Å². The van der Waals surface area contributed by atoms with Crippen molar-refractivity contribution in [2.24, 2.45) is 17.8 Å². The molecule has 0 bridgehead atoms. The van der Waals surface area contributed by atoms with Crippen molar-refractivity contribution in [1.29, 1.82) is 0 Å². The predicted octanol–water partition coefficient (Wildman–Crippen LogP) is 3.06. The van der Waals surface area contributed by atoms with Gasteiger partial charge in [-0.2, -0.15) is 0 Å². The first-order chi connectivity index (χ1) is 23.9. The molecule has 284 valence electrons. The molecule has 0 aromatic heterocycles. The molecule has 1 aliphatic rings. The van der Waals surface area contributed by atoms with Crippen molar-refractivity contribution in [2.45, 2.75) is 118 Å². The zero-order valence-corrected chi connectivity index (χ0v) is 30.6. The molecule has 1 aromatic carbocycles. The second-order valence-electron chi connectivity index (χ2n) is 12.8. The van der Waals surface area contributed by atoms with E-state index in [2.05, 4.69) is 0 Å². The van der Waals surface area contributed by atoms with E-state index < -0.39 is 103 Å². The second kappa shape index (κ2) is 20.5. The summed E-state index contributed by atoms with van der Waals surface area (Å²) in [6, 6.07) is 9.40. The second-order valence-corrected chi connectivity index (χ2v) is 12.8. The Morgan fingerprint density at radius 3 is 1.82 bits per heavy atom. The van der Waals surface area contributed by atoms with Crippen molar-refractivity contribution in [2.75, 3.05) is 13.2 Å². The fourth-order valence-electron chi connectivity index (χ4n) is 5.80. The molecule has 0 aliphatic carbocycles. The van der Waals surface area contributed by atoms with Gasteiger partial charge in [-0.15, -0.1) is 0 Å². The lowest BCUT2D eigenvalue weighted by Gasteiger charge is -2.46. The first-order valence-corrected chi connectivity index (χ1v) is 16.7. The minimum atomic E-state index is -1.77. The van der Waals surface area contributed by atoms with Gasteiger partial charge in [-0.3, -0.25) is 33.6 Å². The Bertz CT molecular complexity index is 1360. The molecule has 1 aromatic rings. The zero-order chi connectivity index (χ0) is 38.4. The Morgan fingerprint density at radius 2 is 1.29 bits per heavy atom. The summed E-state index contributed by atoms with van der Waals surface area (Å²) in [6.07, 6.45) is -9.56. The van der Waals surface area contributed by atoms with Crippen LogP contribution in [-0.2, 0) is 77.9 Å². The number of benzene rings is 1. The van der Waals surface area contributed by atoms with Crippen LogP contribution in [0, 0.1) is 17.8 Å². The third kappa shape index (κ3) is 14.4. The molecule has 0 saturated carbocycles. The maximum Gasteiger partial charge on any atom is 0.303 e. The molecule has 15 heteroatoms. The highest BCUT2D eigenvalue weighted by Gasteiger charge is 2.50. The van der Waals surface area contributed by atoms with Crippen molar-refractivity contribution in [3.05, 3.63) is 35.9 Å². The summed E-state index contributed by atoms with van der Waals surface area (Å²) in [6.45, 7) is 11.1. The third-order valence-corrected chi connectivity index (χ3v) is 8.14. The number of Topliss-reactive ketones (excluding diaryl/α,β-unsaturated/α-hetero) is 1. The molecule has 51 heavy (non-hydrogen) atoms. The smallest absolute Gasteiger partial charge is 0.303 e. The standard InChI is InChI=1S/C36H50O15/c1-19(15-28-13-11-10-12-14-28)16-29(43)33(48-26(8)41)35(49-27(9)42)34(31(46-24(6)39)18-45-23(5)38)51-36-21(3)20(2)32(47-25(7)40)30(50-36)17-44-22(4)37/h10-14,19-21,30-36H,15-18H2,1-9H3/t19-,20+,21+,30+,31+,32+,33-,34+,35+,36-/m0/s1. The van der Waals surface area contributed by atoms with E-state index in [1.807, 2.05) is 37.3 Å². The SMILES string of the molecule is CC(=O)OC[C@H]1O[C@@H](O[C@@H]([C@H](OC(C)=O)[C@@H](OC(C)=O)C(=O)C[C@@H](C)Cc2ccccc2)[C@@H](COC(C)=O)OC(C)=O)[C@H](C)[C@@H](C)[C@H]1OC(C)=O. The first-order valence-electron chi connectivity index (χ1n) is 16.7. The van der Waals surface area contributed by atoms with E-state index >= 15 is 0 Å². The van der Waals surface area contributed by atoms with Crippen LogP contribution in [0.1, 0.15) is 74.3 Å². The molecular weight excluding hydrogens is 672 g/mol. The topological polar surface area (TPSA) is 193 Å². The number of hydrogen-bond acceptors (Lipinski definition) is 15. The van der Waals surface area contributed by atoms with Gasteiger partial charge in [0.2, 0.25) is 0 Å². The molecule has 2 rings (SSSR count). The van der Waals surface area contributed by atoms with E-state index in [0.717, 1.165) is 33.3 Å². The lowest BCUT2D eigenvalue weighted by atomic mass is 9.84. The summed E-state index contributed by atoms with van der Waals surface area (Å²) < 4.78 is 45.2. The number of ketones is 1. The highest BCUT2D eigenvalue weighted by Crippen LogP contribution is 2.36. The summed E-state index contributed by atoms with van der Waals surface area (Å²) >= 11 is 0. The van der Waals surface area contributed by atoms with Crippen LogP contribution in [0.2, 0.25) is 0 Å². The van der Waals surface area contributed by atoms with E-state index in [-0.39, 0.29) is 18.9 Å². The zero-order valence-electron chi connectivity index (χ0n) is 30.6. The highest BCUT2D eigenvalue weighted by molar-refractivity contribution is 5.86. The minimum Gasteiger partial charge on any atom is -0.463 e. The highest BCUT2D eigenvalue weighted by atomic mass is 16.7. The van der Waals surface area contributed by atoms with E-state index in [0.29, 0.717) is 6.42 Å². The summed E-state index contributed by atoms with van der Waals surface area (Å²) in [5.41, 5.74) is 0.962. The molecule has 0 spiro atoms. The molecule has 1 aliphatic heterocycles. The number of carbonyl (C=O) groups excluding carboxylic acids is 7.